The van der Waals surface area contributed by atoms with Crippen LogP contribution in [-0.2, 0) is 16.0 Å². The maximum Gasteiger partial charge on any atom is 0.237 e. The average molecular weight is 320 g/mol. The summed E-state index contributed by atoms with van der Waals surface area (Å²) >= 11 is 0. The number of nitrogens with one attached hydrogen (secondary N) is 1. The number of morpholine rings is 1. The van der Waals surface area contributed by atoms with Crippen molar-refractivity contribution in [3.63, 3.8) is 0 Å². The second kappa shape index (κ2) is 7.79. The van der Waals surface area contributed by atoms with Crippen LogP contribution in [0.1, 0.15) is 32.8 Å². The Labute approximate surface area is 138 Å². The Morgan fingerprint density at radius 2 is 1.91 bits per heavy atom. The maximum absolute atomic E-state index is 12.7. The summed E-state index contributed by atoms with van der Waals surface area (Å²) < 4.78 is 5.37. The van der Waals surface area contributed by atoms with Crippen molar-refractivity contribution in [2.75, 3.05) is 26.3 Å². The molecule has 1 fully saturated rings. The molecule has 0 spiro atoms. The monoisotopic (exact) mass is 320 g/mol. The molecule has 1 aromatic rings. The average Bonchev–Trinajstić information content (AvgIpc) is 2.50. The molecule has 1 heterocycles. The second-order valence-corrected chi connectivity index (χ2v) is 6.79. The summed E-state index contributed by atoms with van der Waals surface area (Å²) in [6.07, 6.45) is 1.51. The Balaban J connectivity index is 1.96. The first-order valence-electron chi connectivity index (χ1n) is 8.33. The van der Waals surface area contributed by atoms with Gasteiger partial charge in [-0.15, -0.1) is 0 Å². The molecule has 1 amide bonds. The fourth-order valence-electron chi connectivity index (χ4n) is 3.08. The number of rotatable bonds is 6. The molecule has 1 atom stereocenters. The second-order valence-electron chi connectivity index (χ2n) is 6.79. The molecule has 0 saturated carbocycles. The number of phenolic OH excluding ortho intramolecular Hbond substituents is 1. The number of hydrogen-bond acceptors (Lipinski definition) is 4. The first-order chi connectivity index (χ1) is 10.9. The standard InChI is InChI=1S/C18H28N2O3/c1-4-16(20-9-11-23-12-10-20)17(22)19-18(2,3)13-14-5-7-15(21)8-6-14/h5-8,16,21H,4,9-13H2,1-3H3,(H,19,22). The summed E-state index contributed by atoms with van der Waals surface area (Å²) in [6, 6.07) is 7.04. The van der Waals surface area contributed by atoms with Crippen molar-refractivity contribution in [1.82, 2.24) is 10.2 Å². The number of carbonyl (C=O) groups excluding carboxylic acids is 1. The van der Waals surface area contributed by atoms with Crippen LogP contribution in [0.3, 0.4) is 0 Å². The van der Waals surface area contributed by atoms with E-state index in [2.05, 4.69) is 10.2 Å². The third-order valence-electron chi connectivity index (χ3n) is 4.22. The van der Waals surface area contributed by atoms with Crippen molar-refractivity contribution in [3.05, 3.63) is 29.8 Å². The van der Waals surface area contributed by atoms with Gasteiger partial charge in [0.15, 0.2) is 0 Å². The lowest BCUT2D eigenvalue weighted by molar-refractivity contribution is -0.130. The van der Waals surface area contributed by atoms with Crippen LogP contribution in [0.25, 0.3) is 0 Å². The van der Waals surface area contributed by atoms with Crippen LogP contribution in [0.4, 0.5) is 0 Å². The normalized spacial score (nSPS) is 17.7. The highest BCUT2D eigenvalue weighted by molar-refractivity contribution is 5.82. The largest absolute Gasteiger partial charge is 0.508 e. The summed E-state index contributed by atoms with van der Waals surface area (Å²) in [6.45, 7) is 9.12. The van der Waals surface area contributed by atoms with Crippen LogP contribution >= 0.6 is 0 Å². The Hall–Kier alpha value is -1.59. The number of nitrogens with zero attached hydrogens (tertiary/aromatic N) is 1. The van der Waals surface area contributed by atoms with Crippen LogP contribution in [0.5, 0.6) is 5.75 Å². The quantitative estimate of drug-likeness (QED) is 0.841. The lowest BCUT2D eigenvalue weighted by Crippen LogP contribution is -2.55. The third kappa shape index (κ3) is 5.22. The Kier molecular flexibility index (Phi) is 6.02. The molecule has 0 bridgehead atoms. The van der Waals surface area contributed by atoms with Crippen LogP contribution in [-0.4, -0.2) is 53.8 Å². The number of aromatic hydroxyl groups is 1. The Bertz CT molecular complexity index is 508. The molecule has 1 saturated heterocycles. The number of amides is 1. The summed E-state index contributed by atoms with van der Waals surface area (Å²) in [5.74, 6) is 0.340. The van der Waals surface area contributed by atoms with Gasteiger partial charge in [-0.3, -0.25) is 9.69 Å². The van der Waals surface area contributed by atoms with Gasteiger partial charge in [-0.05, 0) is 44.4 Å². The molecule has 5 nitrogen and oxygen atoms in total. The van der Waals surface area contributed by atoms with Gasteiger partial charge < -0.3 is 15.2 Å². The van der Waals surface area contributed by atoms with Gasteiger partial charge in [0.2, 0.25) is 5.91 Å². The van der Waals surface area contributed by atoms with Crippen LogP contribution in [0, 0.1) is 0 Å². The van der Waals surface area contributed by atoms with Crippen LogP contribution in [0.2, 0.25) is 0 Å². The van der Waals surface area contributed by atoms with E-state index in [1.165, 1.54) is 0 Å². The molecule has 1 aliphatic rings. The number of ether oxygens (including phenoxy) is 1. The summed E-state index contributed by atoms with van der Waals surface area (Å²) in [7, 11) is 0. The predicted molar refractivity (Wildman–Crippen MR) is 90.5 cm³/mol. The lowest BCUT2D eigenvalue weighted by atomic mass is 9.94. The van der Waals surface area contributed by atoms with E-state index >= 15 is 0 Å². The van der Waals surface area contributed by atoms with Gasteiger partial charge in [-0.2, -0.15) is 0 Å². The number of hydrogen-bond donors (Lipinski definition) is 2. The van der Waals surface area contributed by atoms with Crippen molar-refractivity contribution < 1.29 is 14.6 Å². The third-order valence-corrected chi connectivity index (χ3v) is 4.22. The van der Waals surface area contributed by atoms with E-state index in [1.54, 1.807) is 12.1 Å². The maximum atomic E-state index is 12.7. The predicted octanol–water partition coefficient (Wildman–Crippen LogP) is 1.94. The molecule has 128 valence electrons. The minimum atomic E-state index is -0.340. The van der Waals surface area contributed by atoms with Gasteiger partial charge in [-0.25, -0.2) is 0 Å². The molecule has 1 unspecified atom stereocenters. The van der Waals surface area contributed by atoms with Gasteiger partial charge in [0, 0.05) is 18.6 Å². The summed E-state index contributed by atoms with van der Waals surface area (Å²) in [5, 5.41) is 12.5. The molecule has 1 aliphatic heterocycles. The van der Waals surface area contributed by atoms with Gasteiger partial charge in [0.1, 0.15) is 5.75 Å². The van der Waals surface area contributed by atoms with Crippen molar-refractivity contribution in [2.24, 2.45) is 0 Å². The molecular formula is C18H28N2O3. The molecule has 5 heteroatoms. The number of phenols is 1. The number of carbonyl (C=O) groups is 1. The van der Waals surface area contributed by atoms with Crippen molar-refractivity contribution >= 4 is 5.91 Å². The van der Waals surface area contributed by atoms with Crippen molar-refractivity contribution in [2.45, 2.75) is 45.2 Å². The molecule has 0 aromatic heterocycles. The van der Waals surface area contributed by atoms with E-state index in [0.29, 0.717) is 13.2 Å². The number of benzene rings is 1. The van der Waals surface area contributed by atoms with Crippen molar-refractivity contribution in [1.29, 1.82) is 0 Å². The Morgan fingerprint density at radius 1 is 1.30 bits per heavy atom. The summed E-state index contributed by atoms with van der Waals surface area (Å²) in [5.41, 5.74) is 0.751. The van der Waals surface area contributed by atoms with E-state index in [0.717, 1.165) is 31.5 Å². The minimum absolute atomic E-state index is 0.0816. The Morgan fingerprint density at radius 3 is 2.48 bits per heavy atom. The SMILES string of the molecule is CCC(C(=O)NC(C)(C)Cc1ccc(O)cc1)N1CCOCC1. The van der Waals surface area contributed by atoms with E-state index in [9.17, 15) is 9.90 Å². The van der Waals surface area contributed by atoms with E-state index in [4.69, 9.17) is 4.74 Å². The zero-order valence-electron chi connectivity index (χ0n) is 14.3. The highest BCUT2D eigenvalue weighted by Gasteiger charge is 2.29. The topological polar surface area (TPSA) is 61.8 Å². The molecule has 0 aliphatic carbocycles. The van der Waals surface area contributed by atoms with Gasteiger partial charge in [0.05, 0.1) is 19.3 Å². The fourth-order valence-corrected chi connectivity index (χ4v) is 3.08. The van der Waals surface area contributed by atoms with Gasteiger partial charge in [-0.1, -0.05) is 19.1 Å². The zero-order chi connectivity index (χ0) is 16.9. The lowest BCUT2D eigenvalue weighted by Gasteiger charge is -2.35. The molecule has 23 heavy (non-hydrogen) atoms. The van der Waals surface area contributed by atoms with Crippen molar-refractivity contribution in [3.8, 4) is 5.75 Å². The molecular weight excluding hydrogens is 292 g/mol. The van der Waals surface area contributed by atoms with Crippen LogP contribution in [0.15, 0.2) is 24.3 Å². The van der Waals surface area contributed by atoms with Crippen LogP contribution < -0.4 is 5.32 Å². The van der Waals surface area contributed by atoms with E-state index in [1.807, 2.05) is 32.9 Å². The molecule has 2 N–H and O–H groups in total. The first-order valence-corrected chi connectivity index (χ1v) is 8.33. The summed E-state index contributed by atoms with van der Waals surface area (Å²) in [4.78, 5) is 14.9. The van der Waals surface area contributed by atoms with E-state index < -0.39 is 0 Å². The zero-order valence-corrected chi connectivity index (χ0v) is 14.3. The van der Waals surface area contributed by atoms with Gasteiger partial charge in [0.25, 0.3) is 0 Å². The molecule has 1 aromatic carbocycles. The van der Waals surface area contributed by atoms with E-state index in [-0.39, 0.29) is 23.2 Å². The van der Waals surface area contributed by atoms with Gasteiger partial charge >= 0.3 is 0 Å². The minimum Gasteiger partial charge on any atom is -0.508 e. The fraction of sp³-hybridized carbons (Fsp3) is 0.611. The first kappa shape index (κ1) is 17.8. The highest BCUT2D eigenvalue weighted by atomic mass is 16.5. The highest BCUT2D eigenvalue weighted by Crippen LogP contribution is 2.17. The molecule has 0 radical (unpaired) electrons. The smallest absolute Gasteiger partial charge is 0.237 e. The molecule has 2 rings (SSSR count).